The lowest BCUT2D eigenvalue weighted by Gasteiger charge is -2.06. The average molecular weight is 281 g/mol. The lowest BCUT2D eigenvalue weighted by molar-refractivity contribution is 0.581. The van der Waals surface area contributed by atoms with E-state index in [4.69, 9.17) is 5.73 Å². The summed E-state index contributed by atoms with van der Waals surface area (Å²) in [7, 11) is -3.66. The second kappa shape index (κ2) is 5.37. The van der Waals surface area contributed by atoms with Gasteiger partial charge < -0.3 is 5.73 Å². The SMILES string of the molecule is CCn1ncc(S(=O)(=O)NCc2cccnc2)c1N. The number of hydrogen-bond acceptors (Lipinski definition) is 5. The van der Waals surface area contributed by atoms with Gasteiger partial charge in [-0.3, -0.25) is 4.98 Å². The molecular weight excluding hydrogens is 266 g/mol. The summed E-state index contributed by atoms with van der Waals surface area (Å²) in [6.07, 6.45) is 4.48. The molecule has 8 heteroatoms. The first kappa shape index (κ1) is 13.5. The smallest absolute Gasteiger partial charge is 0.246 e. The Morgan fingerprint density at radius 2 is 2.21 bits per heavy atom. The van der Waals surface area contributed by atoms with Crippen molar-refractivity contribution in [3.05, 3.63) is 36.3 Å². The summed E-state index contributed by atoms with van der Waals surface area (Å²) in [5.41, 5.74) is 6.51. The minimum Gasteiger partial charge on any atom is -0.383 e. The highest BCUT2D eigenvalue weighted by Gasteiger charge is 2.20. The van der Waals surface area contributed by atoms with E-state index < -0.39 is 10.0 Å². The highest BCUT2D eigenvalue weighted by Crippen LogP contribution is 2.17. The van der Waals surface area contributed by atoms with Gasteiger partial charge in [0.05, 0.1) is 6.20 Å². The van der Waals surface area contributed by atoms with Gasteiger partial charge in [-0.05, 0) is 18.6 Å². The summed E-state index contributed by atoms with van der Waals surface area (Å²) in [4.78, 5) is 3.92. The molecule has 0 aliphatic heterocycles. The number of aryl methyl sites for hydroxylation is 1. The zero-order valence-electron chi connectivity index (χ0n) is 10.4. The van der Waals surface area contributed by atoms with Gasteiger partial charge >= 0.3 is 0 Å². The molecule has 0 atom stereocenters. The molecule has 0 amide bonds. The molecule has 0 bridgehead atoms. The molecule has 102 valence electrons. The normalized spacial score (nSPS) is 11.6. The number of sulfonamides is 1. The van der Waals surface area contributed by atoms with Gasteiger partial charge in [-0.15, -0.1) is 0 Å². The molecule has 0 saturated carbocycles. The van der Waals surface area contributed by atoms with E-state index in [2.05, 4.69) is 14.8 Å². The van der Waals surface area contributed by atoms with Gasteiger partial charge in [-0.1, -0.05) is 6.07 Å². The lowest BCUT2D eigenvalue weighted by atomic mass is 10.3. The third-order valence-electron chi connectivity index (χ3n) is 2.62. The van der Waals surface area contributed by atoms with Gasteiger partial charge in [0, 0.05) is 25.5 Å². The van der Waals surface area contributed by atoms with Crippen LogP contribution in [0.3, 0.4) is 0 Å². The van der Waals surface area contributed by atoms with Crippen molar-refractivity contribution in [1.29, 1.82) is 0 Å². The zero-order chi connectivity index (χ0) is 13.9. The van der Waals surface area contributed by atoms with Crippen molar-refractivity contribution in [3.63, 3.8) is 0 Å². The Labute approximate surface area is 111 Å². The maximum absolute atomic E-state index is 12.1. The quantitative estimate of drug-likeness (QED) is 0.823. The van der Waals surface area contributed by atoms with Crippen LogP contribution in [0.4, 0.5) is 5.82 Å². The predicted octanol–water partition coefficient (Wildman–Crippen LogP) is 0.359. The van der Waals surface area contributed by atoms with Crippen molar-refractivity contribution in [3.8, 4) is 0 Å². The molecular formula is C11H15N5O2S. The summed E-state index contributed by atoms with van der Waals surface area (Å²) >= 11 is 0. The van der Waals surface area contributed by atoms with Crippen LogP contribution in [0, 0.1) is 0 Å². The van der Waals surface area contributed by atoms with E-state index in [1.165, 1.54) is 10.9 Å². The molecule has 2 heterocycles. The number of pyridine rings is 1. The standard InChI is InChI=1S/C11H15N5O2S/c1-2-16-11(12)10(8-14-16)19(17,18)15-7-9-4-3-5-13-6-9/h3-6,8,15H,2,7,12H2,1H3. The fourth-order valence-corrected chi connectivity index (χ4v) is 2.67. The molecule has 0 aromatic carbocycles. The summed E-state index contributed by atoms with van der Waals surface area (Å²) in [6, 6.07) is 3.53. The van der Waals surface area contributed by atoms with Crippen LogP contribution in [0.15, 0.2) is 35.6 Å². The Morgan fingerprint density at radius 3 is 2.79 bits per heavy atom. The van der Waals surface area contributed by atoms with Crippen molar-refractivity contribution in [1.82, 2.24) is 19.5 Å². The fraction of sp³-hybridized carbons (Fsp3) is 0.273. The van der Waals surface area contributed by atoms with Crippen molar-refractivity contribution in [2.24, 2.45) is 0 Å². The van der Waals surface area contributed by atoms with Crippen LogP contribution in [-0.2, 0) is 23.1 Å². The highest BCUT2D eigenvalue weighted by atomic mass is 32.2. The van der Waals surface area contributed by atoms with Crippen LogP contribution in [0.2, 0.25) is 0 Å². The first-order chi connectivity index (χ1) is 9.04. The van der Waals surface area contributed by atoms with Gasteiger partial charge in [0.2, 0.25) is 10.0 Å². The van der Waals surface area contributed by atoms with Crippen LogP contribution < -0.4 is 10.5 Å². The maximum atomic E-state index is 12.1. The van der Waals surface area contributed by atoms with Crippen LogP contribution in [0.1, 0.15) is 12.5 Å². The first-order valence-electron chi connectivity index (χ1n) is 5.74. The number of hydrogen-bond donors (Lipinski definition) is 2. The predicted molar refractivity (Wildman–Crippen MR) is 70.6 cm³/mol. The summed E-state index contributed by atoms with van der Waals surface area (Å²) in [5.74, 6) is 0.140. The van der Waals surface area contributed by atoms with E-state index in [1.807, 2.05) is 6.92 Å². The van der Waals surface area contributed by atoms with E-state index in [9.17, 15) is 8.42 Å². The van der Waals surface area contributed by atoms with Gasteiger partial charge in [0.15, 0.2) is 0 Å². The first-order valence-corrected chi connectivity index (χ1v) is 7.22. The number of nitrogen functional groups attached to an aromatic ring is 1. The third-order valence-corrected chi connectivity index (χ3v) is 4.04. The van der Waals surface area contributed by atoms with E-state index in [-0.39, 0.29) is 17.3 Å². The topological polar surface area (TPSA) is 103 Å². The van der Waals surface area contributed by atoms with Gasteiger partial charge in [-0.25, -0.2) is 17.8 Å². The van der Waals surface area contributed by atoms with E-state index in [1.54, 1.807) is 24.5 Å². The molecule has 0 unspecified atom stereocenters. The molecule has 0 fully saturated rings. The minimum absolute atomic E-state index is 0.00163. The number of aromatic nitrogens is 3. The van der Waals surface area contributed by atoms with Crippen LogP contribution in [0.25, 0.3) is 0 Å². The van der Waals surface area contributed by atoms with Gasteiger partial charge in [-0.2, -0.15) is 5.10 Å². The lowest BCUT2D eigenvalue weighted by Crippen LogP contribution is -2.24. The van der Waals surface area contributed by atoms with Crippen molar-refractivity contribution in [2.75, 3.05) is 5.73 Å². The fourth-order valence-electron chi connectivity index (χ4n) is 1.60. The number of nitrogens with one attached hydrogen (secondary N) is 1. The van der Waals surface area contributed by atoms with E-state index in [0.29, 0.717) is 6.54 Å². The van der Waals surface area contributed by atoms with Crippen LogP contribution >= 0.6 is 0 Å². The molecule has 19 heavy (non-hydrogen) atoms. The van der Waals surface area contributed by atoms with Crippen LogP contribution in [-0.4, -0.2) is 23.2 Å². The number of nitrogens with two attached hydrogens (primary N) is 1. The van der Waals surface area contributed by atoms with Gasteiger partial charge in [0.1, 0.15) is 10.7 Å². The van der Waals surface area contributed by atoms with E-state index in [0.717, 1.165) is 5.56 Å². The summed E-state index contributed by atoms with van der Waals surface area (Å²) in [6.45, 7) is 2.51. The van der Waals surface area contributed by atoms with E-state index >= 15 is 0 Å². The molecule has 0 saturated heterocycles. The van der Waals surface area contributed by atoms with Crippen molar-refractivity contribution < 1.29 is 8.42 Å². The molecule has 7 nitrogen and oxygen atoms in total. The number of anilines is 1. The highest BCUT2D eigenvalue weighted by molar-refractivity contribution is 7.89. The maximum Gasteiger partial charge on any atom is 0.246 e. The second-order valence-corrected chi connectivity index (χ2v) is 5.63. The Balaban J connectivity index is 2.16. The van der Waals surface area contributed by atoms with Gasteiger partial charge in [0.25, 0.3) is 0 Å². The second-order valence-electron chi connectivity index (χ2n) is 3.90. The average Bonchev–Trinajstić information content (AvgIpc) is 2.79. The molecule has 3 N–H and O–H groups in total. The third kappa shape index (κ3) is 2.91. The molecule has 2 aromatic heterocycles. The Kier molecular flexibility index (Phi) is 3.82. The Bertz CT molecular complexity index is 651. The monoisotopic (exact) mass is 281 g/mol. The molecule has 2 aromatic rings. The Morgan fingerprint density at radius 1 is 1.42 bits per heavy atom. The van der Waals surface area contributed by atoms with Crippen LogP contribution in [0.5, 0.6) is 0 Å². The number of nitrogens with zero attached hydrogens (tertiary/aromatic N) is 3. The summed E-state index contributed by atoms with van der Waals surface area (Å²) in [5, 5.41) is 3.92. The van der Waals surface area contributed by atoms with Crippen molar-refractivity contribution >= 4 is 15.8 Å². The minimum atomic E-state index is -3.66. The molecule has 0 radical (unpaired) electrons. The van der Waals surface area contributed by atoms with Crippen molar-refractivity contribution in [2.45, 2.75) is 24.9 Å². The Hall–Kier alpha value is -1.93. The molecule has 0 aliphatic rings. The molecule has 0 aliphatic carbocycles. The molecule has 2 rings (SSSR count). The summed E-state index contributed by atoms with van der Waals surface area (Å²) < 4.78 is 28.1. The largest absolute Gasteiger partial charge is 0.383 e. The number of rotatable bonds is 5. The zero-order valence-corrected chi connectivity index (χ0v) is 11.3. The molecule has 0 spiro atoms.